The molecule has 3 nitrogen and oxygen atoms in total. The quantitative estimate of drug-likeness (QED) is 0.855. The number of nitrogens with one attached hydrogen (secondary N) is 1. The molecule has 104 valence electrons. The van der Waals surface area contributed by atoms with E-state index in [0.29, 0.717) is 0 Å². The number of nitrogens with zero attached hydrogens (tertiary/aromatic N) is 1. The highest BCUT2D eigenvalue weighted by Crippen LogP contribution is 2.26. The van der Waals surface area contributed by atoms with Gasteiger partial charge in [0.2, 0.25) is 0 Å². The van der Waals surface area contributed by atoms with Crippen molar-refractivity contribution in [2.45, 2.75) is 32.2 Å². The molecule has 1 aromatic carbocycles. The van der Waals surface area contributed by atoms with Crippen LogP contribution in [0, 0.1) is 11.3 Å². The van der Waals surface area contributed by atoms with Crippen molar-refractivity contribution < 1.29 is 4.42 Å². The monoisotopic (exact) mass is 332 g/mol. The summed E-state index contributed by atoms with van der Waals surface area (Å²) >= 11 is 3.30. The Labute approximate surface area is 127 Å². The van der Waals surface area contributed by atoms with Crippen molar-refractivity contribution in [2.75, 3.05) is 5.32 Å². The molecule has 0 fully saturated rings. The van der Waals surface area contributed by atoms with Gasteiger partial charge in [-0.05, 0) is 66.5 Å². The smallest absolute Gasteiger partial charge is 0.169 e. The number of nitriles is 1. The summed E-state index contributed by atoms with van der Waals surface area (Å²) in [5.74, 6) is 0.873. The maximum atomic E-state index is 9.13. The molecule has 0 amide bonds. The molecule has 2 rings (SSSR count). The van der Waals surface area contributed by atoms with Gasteiger partial charge in [0.15, 0.2) is 4.67 Å². The number of rotatable bonds is 4. The van der Waals surface area contributed by atoms with Crippen LogP contribution in [0.15, 0.2) is 45.5 Å². The molecule has 0 radical (unpaired) electrons. The Kier molecular flexibility index (Phi) is 4.20. The maximum Gasteiger partial charge on any atom is 0.169 e. The predicted octanol–water partition coefficient (Wildman–Crippen LogP) is 5.02. The lowest BCUT2D eigenvalue weighted by atomic mass is 9.86. The first-order valence-corrected chi connectivity index (χ1v) is 7.25. The van der Waals surface area contributed by atoms with Gasteiger partial charge in [0.1, 0.15) is 5.76 Å². The van der Waals surface area contributed by atoms with Crippen LogP contribution in [0.25, 0.3) is 0 Å². The molecule has 0 saturated heterocycles. The van der Waals surface area contributed by atoms with Gasteiger partial charge < -0.3 is 9.73 Å². The van der Waals surface area contributed by atoms with Crippen molar-refractivity contribution in [1.29, 1.82) is 5.26 Å². The van der Waals surface area contributed by atoms with E-state index in [1.807, 2.05) is 57.2 Å². The van der Waals surface area contributed by atoms with E-state index in [0.717, 1.165) is 21.7 Å². The van der Waals surface area contributed by atoms with E-state index in [1.165, 1.54) is 0 Å². The Morgan fingerprint density at radius 1 is 1.20 bits per heavy atom. The highest BCUT2D eigenvalue weighted by atomic mass is 79.9. The molecule has 0 aliphatic rings. The standard InChI is InChI=1S/C16H17BrN2O/c1-11(14-8-9-15(17)20-14)19-13-6-4-12(5-7-13)16(2,3)10-18/h4-9,11,19H,1-3H3. The van der Waals surface area contributed by atoms with Crippen molar-refractivity contribution >= 4 is 21.6 Å². The Morgan fingerprint density at radius 2 is 1.85 bits per heavy atom. The zero-order chi connectivity index (χ0) is 14.8. The third-order valence-corrected chi connectivity index (χ3v) is 3.72. The third-order valence-electron chi connectivity index (χ3n) is 3.29. The van der Waals surface area contributed by atoms with E-state index in [1.54, 1.807) is 0 Å². The van der Waals surface area contributed by atoms with Gasteiger partial charge in [-0.15, -0.1) is 0 Å². The summed E-state index contributed by atoms with van der Waals surface area (Å²) in [5.41, 5.74) is 1.55. The highest BCUT2D eigenvalue weighted by molar-refractivity contribution is 9.10. The molecule has 1 aromatic heterocycles. The minimum Gasteiger partial charge on any atom is -0.452 e. The molecule has 0 saturated carbocycles. The molecule has 0 aliphatic carbocycles. The zero-order valence-electron chi connectivity index (χ0n) is 11.8. The minimum absolute atomic E-state index is 0.0797. The summed E-state index contributed by atoms with van der Waals surface area (Å²) in [5, 5.41) is 12.5. The summed E-state index contributed by atoms with van der Waals surface area (Å²) in [6.07, 6.45) is 0. The van der Waals surface area contributed by atoms with Crippen molar-refractivity contribution in [3.63, 3.8) is 0 Å². The van der Waals surface area contributed by atoms with Gasteiger partial charge >= 0.3 is 0 Å². The average Bonchev–Trinajstić information content (AvgIpc) is 2.86. The van der Waals surface area contributed by atoms with E-state index < -0.39 is 5.41 Å². The van der Waals surface area contributed by atoms with Crippen LogP contribution in [0.5, 0.6) is 0 Å². The topological polar surface area (TPSA) is 49.0 Å². The molecule has 4 heteroatoms. The highest BCUT2D eigenvalue weighted by Gasteiger charge is 2.19. The number of benzene rings is 1. The average molecular weight is 333 g/mol. The van der Waals surface area contributed by atoms with Crippen molar-refractivity contribution in [3.8, 4) is 6.07 Å². The lowest BCUT2D eigenvalue weighted by Crippen LogP contribution is -2.13. The second-order valence-corrected chi connectivity index (χ2v) is 6.10. The van der Waals surface area contributed by atoms with E-state index in [4.69, 9.17) is 9.68 Å². The third kappa shape index (κ3) is 3.23. The fourth-order valence-electron chi connectivity index (χ4n) is 1.93. The van der Waals surface area contributed by atoms with Crippen LogP contribution in [-0.2, 0) is 5.41 Å². The van der Waals surface area contributed by atoms with Crippen molar-refractivity contribution in [2.24, 2.45) is 0 Å². The number of anilines is 1. The van der Waals surface area contributed by atoms with E-state index in [2.05, 4.69) is 27.3 Å². The SMILES string of the molecule is CC(Nc1ccc(C(C)(C)C#N)cc1)c1ccc(Br)o1. The molecule has 1 N–H and O–H groups in total. The Balaban J connectivity index is 2.10. The lowest BCUT2D eigenvalue weighted by Gasteiger charge is -2.17. The van der Waals surface area contributed by atoms with Crippen LogP contribution in [0.2, 0.25) is 0 Å². The first kappa shape index (κ1) is 14.7. The number of hydrogen-bond acceptors (Lipinski definition) is 3. The van der Waals surface area contributed by atoms with Crippen molar-refractivity contribution in [1.82, 2.24) is 0 Å². The molecule has 0 bridgehead atoms. The summed E-state index contributed by atoms with van der Waals surface area (Å²) in [4.78, 5) is 0. The first-order valence-electron chi connectivity index (χ1n) is 6.46. The normalized spacial score (nSPS) is 12.8. The van der Waals surface area contributed by atoms with E-state index in [9.17, 15) is 0 Å². The summed E-state index contributed by atoms with van der Waals surface area (Å²) in [6.45, 7) is 5.87. The summed E-state index contributed by atoms with van der Waals surface area (Å²) in [7, 11) is 0. The Hall–Kier alpha value is -1.73. The van der Waals surface area contributed by atoms with Crippen LogP contribution in [-0.4, -0.2) is 0 Å². The van der Waals surface area contributed by atoms with Gasteiger partial charge in [-0.1, -0.05) is 12.1 Å². The fourth-order valence-corrected chi connectivity index (χ4v) is 2.25. The van der Waals surface area contributed by atoms with E-state index >= 15 is 0 Å². The molecule has 0 spiro atoms. The molecule has 1 heterocycles. The zero-order valence-corrected chi connectivity index (χ0v) is 13.4. The van der Waals surface area contributed by atoms with Crippen LogP contribution >= 0.6 is 15.9 Å². The Bertz CT molecular complexity index is 623. The lowest BCUT2D eigenvalue weighted by molar-refractivity contribution is 0.471. The molecule has 2 aromatic rings. The fraction of sp³-hybridized carbons (Fsp3) is 0.312. The Morgan fingerprint density at radius 3 is 2.35 bits per heavy atom. The van der Waals surface area contributed by atoms with Crippen molar-refractivity contribution in [3.05, 3.63) is 52.4 Å². The largest absolute Gasteiger partial charge is 0.452 e. The van der Waals surface area contributed by atoms with Crippen LogP contribution in [0.3, 0.4) is 0 Å². The number of hydrogen-bond donors (Lipinski definition) is 1. The molecule has 0 aliphatic heterocycles. The van der Waals surface area contributed by atoms with Gasteiger partial charge in [0.05, 0.1) is 17.5 Å². The molecular formula is C16H17BrN2O. The summed E-state index contributed by atoms with van der Waals surface area (Å²) in [6, 6.07) is 14.1. The van der Waals surface area contributed by atoms with Crippen LogP contribution in [0.4, 0.5) is 5.69 Å². The first-order chi connectivity index (χ1) is 9.42. The minimum atomic E-state index is -0.462. The van der Waals surface area contributed by atoms with Gasteiger partial charge in [-0.3, -0.25) is 0 Å². The van der Waals surface area contributed by atoms with Crippen LogP contribution < -0.4 is 5.32 Å². The predicted molar refractivity (Wildman–Crippen MR) is 83.5 cm³/mol. The second-order valence-electron chi connectivity index (χ2n) is 5.32. The maximum absolute atomic E-state index is 9.13. The van der Waals surface area contributed by atoms with Crippen LogP contribution in [0.1, 0.15) is 38.1 Å². The van der Waals surface area contributed by atoms with Gasteiger partial charge in [-0.2, -0.15) is 5.26 Å². The molecule has 1 unspecified atom stereocenters. The second kappa shape index (κ2) is 5.72. The number of halogens is 1. The van der Waals surface area contributed by atoms with Gasteiger partial charge in [-0.25, -0.2) is 0 Å². The van der Waals surface area contributed by atoms with E-state index in [-0.39, 0.29) is 6.04 Å². The molecule has 1 atom stereocenters. The molecular weight excluding hydrogens is 316 g/mol. The summed E-state index contributed by atoms with van der Waals surface area (Å²) < 4.78 is 6.25. The van der Waals surface area contributed by atoms with Gasteiger partial charge in [0, 0.05) is 5.69 Å². The molecule has 20 heavy (non-hydrogen) atoms. The number of furan rings is 1. The van der Waals surface area contributed by atoms with Gasteiger partial charge in [0.25, 0.3) is 0 Å².